The van der Waals surface area contributed by atoms with Crippen LogP contribution in [0.3, 0.4) is 0 Å². The third kappa shape index (κ3) is 3.21. The summed E-state index contributed by atoms with van der Waals surface area (Å²) in [5.41, 5.74) is 1.67. The molecule has 3 aromatic rings. The molecule has 5 nitrogen and oxygen atoms in total. The maximum absolute atomic E-state index is 13.2. The predicted octanol–water partition coefficient (Wildman–Crippen LogP) is 3.25. The first-order valence-electron chi connectivity index (χ1n) is 9.24. The number of benzene rings is 2. The van der Waals surface area contributed by atoms with Crippen LogP contribution in [-0.4, -0.2) is 23.4 Å². The molecule has 29 heavy (non-hydrogen) atoms. The molecule has 0 unspecified atom stereocenters. The molecule has 0 radical (unpaired) electrons. The fourth-order valence-electron chi connectivity index (χ4n) is 3.76. The molecule has 0 spiro atoms. The van der Waals surface area contributed by atoms with Gasteiger partial charge in [-0.1, -0.05) is 36.9 Å². The lowest BCUT2D eigenvalue weighted by Gasteiger charge is -2.40. The number of rotatable bonds is 5. The molecule has 2 heterocycles. The second-order valence-electron chi connectivity index (χ2n) is 7.08. The van der Waals surface area contributed by atoms with E-state index in [0.717, 1.165) is 10.9 Å². The van der Waals surface area contributed by atoms with Gasteiger partial charge in [0.15, 0.2) is 5.78 Å². The summed E-state index contributed by atoms with van der Waals surface area (Å²) in [4.78, 5) is 26.9. The maximum atomic E-state index is 13.2. The average Bonchev–Trinajstić information content (AvgIpc) is 2.71. The highest BCUT2D eigenvalue weighted by Crippen LogP contribution is 2.34. The number of allylic oxidation sites excluding steroid dienone is 1. The van der Waals surface area contributed by atoms with Crippen LogP contribution in [0.1, 0.15) is 11.1 Å². The predicted molar refractivity (Wildman–Crippen MR) is 109 cm³/mol. The Kier molecular flexibility index (Phi) is 4.73. The number of para-hydroxylation sites is 1. The summed E-state index contributed by atoms with van der Waals surface area (Å²) in [7, 11) is 0. The van der Waals surface area contributed by atoms with Crippen molar-refractivity contribution in [2.45, 2.75) is 6.54 Å². The van der Waals surface area contributed by atoms with Crippen molar-refractivity contribution in [3.63, 3.8) is 0 Å². The number of nitriles is 1. The largest absolute Gasteiger partial charge is 0.368 e. The number of ketones is 1. The summed E-state index contributed by atoms with van der Waals surface area (Å²) in [5, 5.41) is 10.5. The molecule has 1 aliphatic heterocycles. The minimum Gasteiger partial charge on any atom is -0.368 e. The molecule has 0 atom stereocenters. The van der Waals surface area contributed by atoms with Crippen LogP contribution in [0, 0.1) is 23.1 Å². The fraction of sp³-hybridized carbons (Fsp3) is 0.174. The van der Waals surface area contributed by atoms with Crippen molar-refractivity contribution in [1.29, 1.82) is 5.26 Å². The number of halogens is 1. The minimum atomic E-state index is -0.399. The van der Waals surface area contributed by atoms with E-state index in [1.54, 1.807) is 12.1 Å². The van der Waals surface area contributed by atoms with Crippen molar-refractivity contribution in [1.82, 2.24) is 4.57 Å². The van der Waals surface area contributed by atoms with Crippen molar-refractivity contribution in [3.8, 4) is 6.07 Å². The molecule has 1 fully saturated rings. The van der Waals surface area contributed by atoms with Crippen LogP contribution in [0.2, 0.25) is 0 Å². The van der Waals surface area contributed by atoms with Gasteiger partial charge in [0.1, 0.15) is 17.4 Å². The number of carbonyl (C=O) groups excluding carboxylic acids is 1. The molecule has 4 rings (SSSR count). The molecule has 1 aromatic heterocycles. The second kappa shape index (κ2) is 7.36. The van der Waals surface area contributed by atoms with Gasteiger partial charge < -0.3 is 9.47 Å². The van der Waals surface area contributed by atoms with Crippen molar-refractivity contribution < 1.29 is 9.18 Å². The topological polar surface area (TPSA) is 66.1 Å². The van der Waals surface area contributed by atoms with Gasteiger partial charge in [0.2, 0.25) is 0 Å². The molecule has 1 saturated heterocycles. The zero-order chi connectivity index (χ0) is 20.5. The molecule has 0 amide bonds. The Bertz CT molecular complexity index is 1220. The summed E-state index contributed by atoms with van der Waals surface area (Å²) in [5.74, 6) is -0.548. The number of hydrogen-bond acceptors (Lipinski definition) is 4. The molecule has 0 N–H and O–H groups in total. The van der Waals surface area contributed by atoms with Crippen LogP contribution in [0.5, 0.6) is 0 Å². The zero-order valence-electron chi connectivity index (χ0n) is 15.6. The van der Waals surface area contributed by atoms with Crippen molar-refractivity contribution in [2.24, 2.45) is 5.92 Å². The molecular formula is C23H18FN3O2. The van der Waals surface area contributed by atoms with Gasteiger partial charge in [-0.2, -0.15) is 5.26 Å². The number of anilines is 1. The molecular weight excluding hydrogens is 369 g/mol. The van der Waals surface area contributed by atoms with E-state index in [2.05, 4.69) is 12.6 Å². The van der Waals surface area contributed by atoms with E-state index in [0.29, 0.717) is 24.3 Å². The van der Waals surface area contributed by atoms with Crippen LogP contribution < -0.4 is 10.5 Å². The summed E-state index contributed by atoms with van der Waals surface area (Å²) in [6.07, 6.45) is 1.31. The summed E-state index contributed by atoms with van der Waals surface area (Å²) in [6.45, 7) is 4.65. The molecule has 2 aromatic carbocycles. The monoisotopic (exact) mass is 387 g/mol. The molecule has 6 heteroatoms. The van der Waals surface area contributed by atoms with E-state index >= 15 is 0 Å². The van der Waals surface area contributed by atoms with E-state index in [9.17, 15) is 19.2 Å². The van der Waals surface area contributed by atoms with Crippen LogP contribution in [0.15, 0.2) is 66.0 Å². The fourth-order valence-corrected chi connectivity index (χ4v) is 3.76. The van der Waals surface area contributed by atoms with Crippen molar-refractivity contribution in [2.75, 3.05) is 18.0 Å². The van der Waals surface area contributed by atoms with Gasteiger partial charge in [-0.25, -0.2) is 4.39 Å². The van der Waals surface area contributed by atoms with Crippen LogP contribution in [0.4, 0.5) is 10.1 Å². The van der Waals surface area contributed by atoms with Crippen molar-refractivity contribution in [3.05, 3.63) is 88.5 Å². The van der Waals surface area contributed by atoms with Gasteiger partial charge >= 0.3 is 0 Å². The molecule has 0 bridgehead atoms. The SMILES string of the molecule is C=CC(=O)C1CN(c2c(C#N)c(=O)n(Cc3ccc(F)cc3)c3ccccc23)C1. The number of carbonyl (C=O) groups is 1. The lowest BCUT2D eigenvalue weighted by Crippen LogP contribution is -2.51. The normalized spacial score (nSPS) is 13.7. The van der Waals surface area contributed by atoms with Crippen LogP contribution >= 0.6 is 0 Å². The highest BCUT2D eigenvalue weighted by atomic mass is 19.1. The van der Waals surface area contributed by atoms with E-state index < -0.39 is 5.56 Å². The average molecular weight is 387 g/mol. The Morgan fingerprint density at radius 3 is 2.55 bits per heavy atom. The maximum Gasteiger partial charge on any atom is 0.271 e. The van der Waals surface area contributed by atoms with Crippen LogP contribution in [0.25, 0.3) is 10.9 Å². The minimum absolute atomic E-state index is 0.0336. The summed E-state index contributed by atoms with van der Waals surface area (Å²) in [6, 6.07) is 15.4. The van der Waals surface area contributed by atoms with Gasteiger partial charge in [0.25, 0.3) is 5.56 Å². The second-order valence-corrected chi connectivity index (χ2v) is 7.08. The zero-order valence-corrected chi connectivity index (χ0v) is 15.6. The third-order valence-corrected chi connectivity index (χ3v) is 5.31. The lowest BCUT2D eigenvalue weighted by molar-refractivity contribution is -0.118. The van der Waals surface area contributed by atoms with Gasteiger partial charge in [0.05, 0.1) is 23.7 Å². The number of nitrogens with zero attached hydrogens (tertiary/aromatic N) is 3. The van der Waals surface area contributed by atoms with Gasteiger partial charge in [-0.3, -0.25) is 9.59 Å². The Morgan fingerprint density at radius 1 is 1.21 bits per heavy atom. The first-order chi connectivity index (χ1) is 14.0. The highest BCUT2D eigenvalue weighted by Gasteiger charge is 2.34. The number of pyridine rings is 1. The number of aromatic nitrogens is 1. The number of fused-ring (bicyclic) bond motifs is 1. The first kappa shape index (κ1) is 18.6. The third-order valence-electron chi connectivity index (χ3n) is 5.31. The summed E-state index contributed by atoms with van der Waals surface area (Å²) >= 11 is 0. The standard InChI is InChI=1S/C23H18FN3O2/c1-2-21(28)16-13-26(14-16)22-18-5-3-4-6-20(18)27(23(29)19(22)11-25)12-15-7-9-17(24)10-8-15/h2-10,16H,1,12-14H2. The Hall–Kier alpha value is -3.72. The molecule has 0 saturated carbocycles. The Labute approximate surface area is 166 Å². The van der Waals surface area contributed by atoms with Gasteiger partial charge in [-0.15, -0.1) is 0 Å². The first-order valence-corrected chi connectivity index (χ1v) is 9.24. The summed E-state index contributed by atoms with van der Waals surface area (Å²) < 4.78 is 14.8. The number of hydrogen-bond donors (Lipinski definition) is 0. The van der Waals surface area contributed by atoms with E-state index in [4.69, 9.17) is 0 Å². The van der Waals surface area contributed by atoms with Crippen LogP contribution in [-0.2, 0) is 11.3 Å². The Morgan fingerprint density at radius 2 is 1.90 bits per heavy atom. The van der Waals surface area contributed by atoms with E-state index in [1.807, 2.05) is 29.2 Å². The van der Waals surface area contributed by atoms with Gasteiger partial charge in [0, 0.05) is 18.5 Å². The lowest BCUT2D eigenvalue weighted by atomic mass is 9.92. The van der Waals surface area contributed by atoms with Crippen molar-refractivity contribution >= 4 is 22.4 Å². The van der Waals surface area contributed by atoms with Gasteiger partial charge in [-0.05, 0) is 29.8 Å². The highest BCUT2D eigenvalue weighted by molar-refractivity contribution is 5.98. The molecule has 144 valence electrons. The van der Waals surface area contributed by atoms with E-state index in [-0.39, 0.29) is 29.6 Å². The smallest absolute Gasteiger partial charge is 0.271 e. The quantitative estimate of drug-likeness (QED) is 0.631. The molecule has 1 aliphatic rings. The Balaban J connectivity index is 1.84. The van der Waals surface area contributed by atoms with E-state index in [1.165, 1.54) is 22.8 Å². The molecule has 0 aliphatic carbocycles.